The minimum Gasteiger partial charge on any atom is -0.350 e. The molecule has 0 spiro atoms. The van der Waals surface area contributed by atoms with Crippen molar-refractivity contribution < 1.29 is 19.2 Å². The van der Waals surface area contributed by atoms with Gasteiger partial charge < -0.3 is 10.2 Å². The highest BCUT2D eigenvalue weighted by atomic mass is 35.5. The van der Waals surface area contributed by atoms with Crippen molar-refractivity contribution >= 4 is 35.2 Å². The number of imide groups is 1. The second-order valence-corrected chi connectivity index (χ2v) is 10.4. The molecular weight excluding hydrogens is 454 g/mol. The number of hydrogen-bond acceptors (Lipinski definition) is 4. The summed E-state index contributed by atoms with van der Waals surface area (Å²) in [5.41, 5.74) is 0.271. The van der Waals surface area contributed by atoms with Crippen LogP contribution < -0.4 is 5.32 Å². The van der Waals surface area contributed by atoms with Gasteiger partial charge in [0.05, 0.1) is 11.8 Å². The van der Waals surface area contributed by atoms with Crippen molar-refractivity contribution in [2.24, 2.45) is 11.8 Å². The number of fused-ring (bicyclic) bond motifs is 1. The van der Waals surface area contributed by atoms with E-state index >= 15 is 0 Å². The van der Waals surface area contributed by atoms with Crippen molar-refractivity contribution in [2.75, 3.05) is 6.54 Å². The fourth-order valence-corrected chi connectivity index (χ4v) is 4.82. The van der Waals surface area contributed by atoms with E-state index in [1.165, 1.54) is 9.80 Å². The van der Waals surface area contributed by atoms with Crippen LogP contribution in [0.2, 0.25) is 5.02 Å². The summed E-state index contributed by atoms with van der Waals surface area (Å²) in [7, 11) is 0. The van der Waals surface area contributed by atoms with Gasteiger partial charge in [-0.25, -0.2) is 0 Å². The summed E-state index contributed by atoms with van der Waals surface area (Å²) in [6.07, 6.45) is 5.36. The van der Waals surface area contributed by atoms with E-state index in [0.29, 0.717) is 24.3 Å². The van der Waals surface area contributed by atoms with Gasteiger partial charge in [0.1, 0.15) is 6.04 Å². The Balaban J connectivity index is 1.78. The number of halogens is 1. The van der Waals surface area contributed by atoms with Crippen molar-refractivity contribution in [3.63, 3.8) is 0 Å². The Labute approximate surface area is 206 Å². The Morgan fingerprint density at radius 1 is 1.12 bits per heavy atom. The average Bonchev–Trinajstić information content (AvgIpc) is 3.02. The SMILES string of the molecule is CCC(C(=O)NC(C)(C)C)N(Cc1ccccc1Cl)C(=O)CCN1C(=O)[C@H]2CC=CC[C@H]2C1=O. The van der Waals surface area contributed by atoms with E-state index in [4.69, 9.17) is 11.6 Å². The monoisotopic (exact) mass is 487 g/mol. The molecule has 1 aromatic carbocycles. The van der Waals surface area contributed by atoms with Crippen LogP contribution in [0.1, 0.15) is 58.9 Å². The van der Waals surface area contributed by atoms with Crippen LogP contribution in [0.4, 0.5) is 0 Å². The fourth-order valence-electron chi connectivity index (χ4n) is 4.62. The zero-order chi connectivity index (χ0) is 25.0. The molecule has 1 heterocycles. The van der Waals surface area contributed by atoms with Gasteiger partial charge in [-0.05, 0) is 51.7 Å². The fraction of sp³-hybridized carbons (Fsp3) is 0.538. The highest BCUT2D eigenvalue weighted by Gasteiger charge is 2.47. The van der Waals surface area contributed by atoms with Crippen molar-refractivity contribution in [3.8, 4) is 0 Å². The van der Waals surface area contributed by atoms with Crippen LogP contribution >= 0.6 is 11.6 Å². The molecule has 7 nitrogen and oxygen atoms in total. The number of allylic oxidation sites excluding steroid dienone is 2. The second kappa shape index (κ2) is 10.7. The van der Waals surface area contributed by atoms with Crippen molar-refractivity contribution in [2.45, 2.75) is 71.5 Å². The molecule has 1 N–H and O–H groups in total. The Morgan fingerprint density at radius 3 is 2.24 bits per heavy atom. The smallest absolute Gasteiger partial charge is 0.243 e. The van der Waals surface area contributed by atoms with Crippen LogP contribution in [-0.2, 0) is 25.7 Å². The van der Waals surface area contributed by atoms with Crippen molar-refractivity contribution in [1.29, 1.82) is 0 Å². The first-order chi connectivity index (χ1) is 16.0. The molecule has 4 amide bonds. The van der Waals surface area contributed by atoms with Gasteiger partial charge in [-0.3, -0.25) is 24.1 Å². The minimum atomic E-state index is -0.709. The molecule has 1 aliphatic carbocycles. The zero-order valence-corrected chi connectivity index (χ0v) is 21.1. The Kier molecular flexibility index (Phi) is 8.18. The molecule has 0 saturated carbocycles. The molecule has 0 radical (unpaired) electrons. The molecular formula is C26H34ClN3O4. The van der Waals surface area contributed by atoms with Gasteiger partial charge in [-0.15, -0.1) is 0 Å². The van der Waals surface area contributed by atoms with Gasteiger partial charge >= 0.3 is 0 Å². The van der Waals surface area contributed by atoms with Crippen LogP contribution in [0.15, 0.2) is 36.4 Å². The molecule has 1 saturated heterocycles. The number of hydrogen-bond donors (Lipinski definition) is 1. The summed E-state index contributed by atoms with van der Waals surface area (Å²) in [5.74, 6) is -1.62. The molecule has 2 aliphatic rings. The second-order valence-electron chi connectivity index (χ2n) is 10.0. The van der Waals surface area contributed by atoms with Crippen LogP contribution in [0.5, 0.6) is 0 Å². The summed E-state index contributed by atoms with van der Waals surface area (Å²) in [5, 5.41) is 3.47. The van der Waals surface area contributed by atoms with Crippen LogP contribution in [0, 0.1) is 11.8 Å². The van der Waals surface area contributed by atoms with Crippen molar-refractivity contribution in [3.05, 3.63) is 47.0 Å². The molecule has 0 bridgehead atoms. The largest absolute Gasteiger partial charge is 0.350 e. The van der Waals surface area contributed by atoms with Gasteiger partial charge in [0.15, 0.2) is 0 Å². The molecule has 1 aromatic rings. The maximum atomic E-state index is 13.5. The van der Waals surface area contributed by atoms with E-state index in [2.05, 4.69) is 5.32 Å². The number of nitrogens with zero attached hydrogens (tertiary/aromatic N) is 2. The molecule has 1 aliphatic heterocycles. The average molecular weight is 488 g/mol. The molecule has 184 valence electrons. The number of nitrogens with one attached hydrogen (secondary N) is 1. The lowest BCUT2D eigenvalue weighted by Crippen LogP contribution is -2.53. The standard InChI is InChI=1S/C26H34ClN3O4/c1-5-21(23(32)28-26(2,3)4)30(16-17-10-6-9-13-20(17)27)22(31)14-15-29-24(33)18-11-7-8-12-19(18)25(29)34/h6-10,13,18-19,21H,5,11-12,14-16H2,1-4H3,(H,28,32)/t18-,19+,21?. The van der Waals surface area contributed by atoms with Gasteiger partial charge in [-0.1, -0.05) is 48.9 Å². The summed E-state index contributed by atoms with van der Waals surface area (Å²) in [6, 6.07) is 6.49. The maximum absolute atomic E-state index is 13.5. The zero-order valence-electron chi connectivity index (χ0n) is 20.3. The third-order valence-electron chi connectivity index (χ3n) is 6.33. The highest BCUT2D eigenvalue weighted by molar-refractivity contribution is 6.31. The van der Waals surface area contributed by atoms with Crippen LogP contribution in [0.25, 0.3) is 0 Å². The van der Waals surface area contributed by atoms with Gasteiger partial charge in [0.25, 0.3) is 0 Å². The summed E-state index contributed by atoms with van der Waals surface area (Å²) >= 11 is 6.35. The lowest BCUT2D eigenvalue weighted by molar-refractivity contribution is -0.144. The van der Waals surface area contributed by atoms with E-state index in [9.17, 15) is 19.2 Å². The van der Waals surface area contributed by atoms with E-state index in [1.807, 2.05) is 52.0 Å². The van der Waals surface area contributed by atoms with Crippen molar-refractivity contribution in [1.82, 2.24) is 15.1 Å². The third kappa shape index (κ3) is 5.87. The number of carbonyl (C=O) groups is 4. The first-order valence-electron chi connectivity index (χ1n) is 11.9. The highest BCUT2D eigenvalue weighted by Crippen LogP contribution is 2.35. The minimum absolute atomic E-state index is 0.0137. The summed E-state index contributed by atoms with van der Waals surface area (Å²) in [4.78, 5) is 54.9. The first kappa shape index (κ1) is 25.9. The summed E-state index contributed by atoms with van der Waals surface area (Å²) in [6.45, 7) is 7.68. The van der Waals surface area contributed by atoms with Crippen LogP contribution in [-0.4, -0.2) is 51.6 Å². The number of likely N-dealkylation sites (tertiary alicyclic amines) is 1. The molecule has 1 fully saturated rings. The molecule has 1 unspecified atom stereocenters. The molecule has 8 heteroatoms. The quantitative estimate of drug-likeness (QED) is 0.447. The van der Waals surface area contributed by atoms with Gasteiger partial charge in [-0.2, -0.15) is 0 Å². The Morgan fingerprint density at radius 2 is 1.71 bits per heavy atom. The van der Waals surface area contributed by atoms with Crippen LogP contribution in [0.3, 0.4) is 0 Å². The first-order valence-corrected chi connectivity index (χ1v) is 12.3. The Bertz CT molecular complexity index is 959. The summed E-state index contributed by atoms with van der Waals surface area (Å²) < 4.78 is 0. The van der Waals surface area contributed by atoms with E-state index in [1.54, 1.807) is 12.1 Å². The maximum Gasteiger partial charge on any atom is 0.243 e. The Hall–Kier alpha value is -2.67. The van der Waals surface area contributed by atoms with E-state index in [0.717, 1.165) is 5.56 Å². The topological polar surface area (TPSA) is 86.8 Å². The van der Waals surface area contributed by atoms with E-state index < -0.39 is 11.6 Å². The third-order valence-corrected chi connectivity index (χ3v) is 6.70. The molecule has 34 heavy (non-hydrogen) atoms. The number of rotatable bonds is 8. The lowest BCUT2D eigenvalue weighted by atomic mass is 9.85. The number of carbonyl (C=O) groups excluding carboxylic acids is 4. The molecule has 3 atom stereocenters. The molecule has 3 rings (SSSR count). The van der Waals surface area contributed by atoms with Gasteiger partial charge in [0, 0.05) is 30.1 Å². The number of benzene rings is 1. The number of amides is 4. The lowest BCUT2D eigenvalue weighted by Gasteiger charge is -2.33. The predicted octanol–water partition coefficient (Wildman–Crippen LogP) is 3.70. The molecule has 0 aromatic heterocycles. The predicted molar refractivity (Wildman–Crippen MR) is 131 cm³/mol. The van der Waals surface area contributed by atoms with E-state index in [-0.39, 0.29) is 55.0 Å². The van der Waals surface area contributed by atoms with Gasteiger partial charge in [0.2, 0.25) is 23.6 Å². The normalized spacial score (nSPS) is 20.8.